The molecule has 0 spiro atoms. The van der Waals surface area contributed by atoms with Crippen molar-refractivity contribution in [1.29, 1.82) is 0 Å². The number of aryl methyl sites for hydroxylation is 1. The Morgan fingerprint density at radius 3 is 2.77 bits per heavy atom. The van der Waals surface area contributed by atoms with Gasteiger partial charge in [0.05, 0.1) is 19.4 Å². The first-order valence-electron chi connectivity index (χ1n) is 6.83. The summed E-state index contributed by atoms with van der Waals surface area (Å²) in [5, 5.41) is 12.1. The summed E-state index contributed by atoms with van der Waals surface area (Å²) in [6.07, 6.45) is 1.78. The second-order valence-electron chi connectivity index (χ2n) is 4.89. The summed E-state index contributed by atoms with van der Waals surface area (Å²) in [6, 6.07) is 9.94. The number of H-pyrrole nitrogens is 1. The van der Waals surface area contributed by atoms with Crippen molar-refractivity contribution in [2.75, 3.05) is 0 Å². The largest absolute Gasteiger partial charge is 0.370 e. The molecule has 1 N–H and O–H groups in total. The second kappa shape index (κ2) is 6.35. The maximum Gasteiger partial charge on any atom is 0.343 e. The zero-order chi connectivity index (χ0) is 15.4. The Kier molecular flexibility index (Phi) is 4.10. The molecule has 3 rings (SSSR count). The molecule has 8 nitrogen and oxygen atoms in total. The maximum absolute atomic E-state index is 11.3. The molecule has 0 saturated heterocycles. The number of nitrogens with zero attached hydrogens (tertiary/aromatic N) is 5. The van der Waals surface area contributed by atoms with Gasteiger partial charge in [-0.15, -0.1) is 5.10 Å². The minimum atomic E-state index is -0.249. The van der Waals surface area contributed by atoms with Crippen LogP contribution in [0.25, 0.3) is 0 Å². The lowest BCUT2D eigenvalue weighted by molar-refractivity contribution is 0.104. The first-order chi connectivity index (χ1) is 10.7. The molecule has 3 aromatic rings. The van der Waals surface area contributed by atoms with Crippen molar-refractivity contribution >= 4 is 0 Å². The molecule has 0 radical (unpaired) electrons. The Labute approximate surface area is 126 Å². The van der Waals surface area contributed by atoms with Crippen molar-refractivity contribution in [1.82, 2.24) is 29.8 Å². The highest BCUT2D eigenvalue weighted by Gasteiger charge is 2.06. The third kappa shape index (κ3) is 3.47. The minimum Gasteiger partial charge on any atom is -0.370 e. The van der Waals surface area contributed by atoms with Gasteiger partial charge in [0.1, 0.15) is 12.2 Å². The lowest BCUT2D eigenvalue weighted by Gasteiger charge is -2.01. The van der Waals surface area contributed by atoms with E-state index >= 15 is 0 Å². The van der Waals surface area contributed by atoms with E-state index in [0.29, 0.717) is 25.6 Å². The predicted molar refractivity (Wildman–Crippen MR) is 77.9 cm³/mol. The van der Waals surface area contributed by atoms with E-state index in [1.165, 1.54) is 4.68 Å². The third-order valence-electron chi connectivity index (χ3n) is 3.08. The maximum atomic E-state index is 11.3. The molecular weight excluding hydrogens is 284 g/mol. The quantitative estimate of drug-likeness (QED) is 0.714. The Hall–Kier alpha value is -2.74. The zero-order valence-electron chi connectivity index (χ0n) is 12.1. The van der Waals surface area contributed by atoms with Crippen molar-refractivity contribution < 1.29 is 4.74 Å². The molecule has 0 atom stereocenters. The second-order valence-corrected chi connectivity index (χ2v) is 4.89. The van der Waals surface area contributed by atoms with Crippen molar-refractivity contribution in [3.05, 3.63) is 64.1 Å². The zero-order valence-corrected chi connectivity index (χ0v) is 12.1. The highest BCUT2D eigenvalue weighted by molar-refractivity contribution is 5.13. The summed E-state index contributed by atoms with van der Waals surface area (Å²) in [5.41, 5.74) is 1.59. The smallest absolute Gasteiger partial charge is 0.343 e. The van der Waals surface area contributed by atoms with Crippen molar-refractivity contribution in [3.63, 3.8) is 0 Å². The Morgan fingerprint density at radius 2 is 2.05 bits per heavy atom. The minimum absolute atomic E-state index is 0.249. The van der Waals surface area contributed by atoms with Gasteiger partial charge in [0.2, 0.25) is 0 Å². The molecule has 8 heteroatoms. The SMILES string of the molecule is Cn1nc(Cn2cc(COCc3ccccc3)nn2)[nH]c1=O. The summed E-state index contributed by atoms with van der Waals surface area (Å²) in [7, 11) is 1.59. The standard InChI is InChI=1S/C14H16N6O2/c1-19-14(21)15-13(17-19)8-20-7-12(16-18-20)10-22-9-11-5-3-2-4-6-11/h2-7H,8-10H2,1H3,(H,15,17,21). The van der Waals surface area contributed by atoms with Crippen LogP contribution in [0.2, 0.25) is 0 Å². The van der Waals surface area contributed by atoms with Crippen LogP contribution >= 0.6 is 0 Å². The monoisotopic (exact) mass is 300 g/mol. The van der Waals surface area contributed by atoms with E-state index in [1.807, 2.05) is 30.3 Å². The van der Waals surface area contributed by atoms with Crippen LogP contribution in [0, 0.1) is 0 Å². The Morgan fingerprint density at radius 1 is 1.23 bits per heavy atom. The van der Waals surface area contributed by atoms with E-state index in [2.05, 4.69) is 20.4 Å². The van der Waals surface area contributed by atoms with E-state index in [-0.39, 0.29) is 5.69 Å². The molecule has 0 bridgehead atoms. The summed E-state index contributed by atoms with van der Waals surface area (Å²) in [6.45, 7) is 1.27. The van der Waals surface area contributed by atoms with Crippen molar-refractivity contribution in [3.8, 4) is 0 Å². The number of rotatable bonds is 6. The number of benzene rings is 1. The molecule has 0 aliphatic rings. The number of hydrogen-bond acceptors (Lipinski definition) is 5. The molecule has 114 valence electrons. The number of hydrogen-bond donors (Lipinski definition) is 1. The number of ether oxygens (including phenoxy) is 1. The number of nitrogens with one attached hydrogen (secondary N) is 1. The Balaban J connectivity index is 1.54. The molecule has 0 saturated carbocycles. The molecule has 0 fully saturated rings. The van der Waals surface area contributed by atoms with Crippen LogP contribution in [0.4, 0.5) is 0 Å². The molecule has 2 aromatic heterocycles. The van der Waals surface area contributed by atoms with E-state index in [4.69, 9.17) is 4.74 Å². The van der Waals surface area contributed by atoms with Crippen LogP contribution in [0.5, 0.6) is 0 Å². The molecule has 0 unspecified atom stereocenters. The topological polar surface area (TPSA) is 90.6 Å². The van der Waals surface area contributed by atoms with Gasteiger partial charge in [-0.2, -0.15) is 5.10 Å². The fourth-order valence-electron chi connectivity index (χ4n) is 2.01. The van der Waals surface area contributed by atoms with E-state index in [0.717, 1.165) is 11.3 Å². The van der Waals surface area contributed by atoms with Crippen LogP contribution in [0.3, 0.4) is 0 Å². The van der Waals surface area contributed by atoms with Crippen molar-refractivity contribution in [2.45, 2.75) is 19.8 Å². The number of aromatic amines is 1. The lowest BCUT2D eigenvalue weighted by Crippen LogP contribution is -2.13. The van der Waals surface area contributed by atoms with Gasteiger partial charge in [-0.25, -0.2) is 14.2 Å². The summed E-state index contributed by atoms with van der Waals surface area (Å²) in [4.78, 5) is 13.9. The molecule has 1 aromatic carbocycles. The van der Waals surface area contributed by atoms with Gasteiger partial charge in [-0.1, -0.05) is 35.5 Å². The average molecular weight is 300 g/mol. The first-order valence-corrected chi connectivity index (χ1v) is 6.83. The van der Waals surface area contributed by atoms with Gasteiger partial charge in [0.25, 0.3) is 0 Å². The molecule has 0 amide bonds. The van der Waals surface area contributed by atoms with Crippen LogP contribution < -0.4 is 5.69 Å². The van der Waals surface area contributed by atoms with Gasteiger partial charge in [0, 0.05) is 7.05 Å². The van der Waals surface area contributed by atoms with Gasteiger partial charge in [0.15, 0.2) is 5.82 Å². The summed E-state index contributed by atoms with van der Waals surface area (Å²) < 4.78 is 8.46. The highest BCUT2D eigenvalue weighted by Crippen LogP contribution is 2.04. The van der Waals surface area contributed by atoms with E-state index in [1.54, 1.807) is 17.9 Å². The molecule has 2 heterocycles. The molecule has 0 aliphatic heterocycles. The van der Waals surface area contributed by atoms with Gasteiger partial charge in [-0.05, 0) is 5.56 Å². The summed E-state index contributed by atoms with van der Waals surface area (Å²) in [5.74, 6) is 0.536. The van der Waals surface area contributed by atoms with Crippen LogP contribution in [-0.2, 0) is 31.5 Å². The highest BCUT2D eigenvalue weighted by atomic mass is 16.5. The Bertz CT molecular complexity index is 789. The summed E-state index contributed by atoms with van der Waals surface area (Å²) >= 11 is 0. The van der Waals surface area contributed by atoms with Gasteiger partial charge in [-0.3, -0.25) is 4.98 Å². The number of aromatic nitrogens is 6. The first kappa shape index (κ1) is 14.2. The fourth-order valence-corrected chi connectivity index (χ4v) is 2.01. The van der Waals surface area contributed by atoms with Crippen LogP contribution in [0.15, 0.2) is 41.3 Å². The lowest BCUT2D eigenvalue weighted by atomic mass is 10.2. The van der Waals surface area contributed by atoms with Crippen LogP contribution in [-0.4, -0.2) is 29.8 Å². The third-order valence-corrected chi connectivity index (χ3v) is 3.08. The van der Waals surface area contributed by atoms with Gasteiger partial charge >= 0.3 is 5.69 Å². The molecule has 22 heavy (non-hydrogen) atoms. The fraction of sp³-hybridized carbons (Fsp3) is 0.286. The molecular formula is C14H16N6O2. The van der Waals surface area contributed by atoms with Crippen LogP contribution in [0.1, 0.15) is 17.1 Å². The van der Waals surface area contributed by atoms with Gasteiger partial charge < -0.3 is 4.74 Å². The predicted octanol–water partition coefficient (Wildman–Crippen LogP) is 0.465. The normalized spacial score (nSPS) is 11.0. The van der Waals surface area contributed by atoms with E-state index in [9.17, 15) is 4.79 Å². The van der Waals surface area contributed by atoms with E-state index < -0.39 is 0 Å². The van der Waals surface area contributed by atoms with Crippen molar-refractivity contribution in [2.24, 2.45) is 7.05 Å². The molecule has 0 aliphatic carbocycles. The average Bonchev–Trinajstić information content (AvgIpc) is 3.08.